The van der Waals surface area contributed by atoms with Crippen molar-refractivity contribution in [3.8, 4) is 0 Å². The summed E-state index contributed by atoms with van der Waals surface area (Å²) in [5.74, 6) is 0. The molecular weight excluding hydrogens is 232 g/mol. The van der Waals surface area contributed by atoms with Gasteiger partial charge in [-0.05, 0) is 5.56 Å². The van der Waals surface area contributed by atoms with Crippen LogP contribution in [0.4, 0.5) is 4.79 Å². The SMILES string of the molecule is CN(C(=O)OCc1ccccc1)[C@@H]1CNCCO1. The molecule has 1 aliphatic rings. The summed E-state index contributed by atoms with van der Waals surface area (Å²) in [4.78, 5) is 13.3. The summed E-state index contributed by atoms with van der Waals surface area (Å²) in [7, 11) is 1.69. The van der Waals surface area contributed by atoms with Crippen molar-refractivity contribution in [1.82, 2.24) is 10.2 Å². The number of nitrogens with one attached hydrogen (secondary N) is 1. The summed E-state index contributed by atoms with van der Waals surface area (Å²) in [5.41, 5.74) is 0.974. The predicted octanol–water partition coefficient (Wildman–Crippen LogP) is 1.20. The van der Waals surface area contributed by atoms with Gasteiger partial charge < -0.3 is 14.8 Å². The Labute approximate surface area is 107 Å². The lowest BCUT2D eigenvalue weighted by atomic mass is 10.2. The maximum Gasteiger partial charge on any atom is 0.411 e. The minimum absolute atomic E-state index is 0.248. The molecule has 1 amide bonds. The quantitative estimate of drug-likeness (QED) is 0.876. The van der Waals surface area contributed by atoms with E-state index in [1.54, 1.807) is 7.05 Å². The number of likely N-dealkylation sites (N-methyl/N-ethyl adjacent to an activating group) is 1. The lowest BCUT2D eigenvalue weighted by Crippen LogP contribution is -2.49. The average molecular weight is 250 g/mol. The molecule has 1 fully saturated rings. The van der Waals surface area contributed by atoms with E-state index in [1.807, 2.05) is 30.3 Å². The fraction of sp³-hybridized carbons (Fsp3) is 0.462. The number of hydrogen-bond acceptors (Lipinski definition) is 4. The largest absolute Gasteiger partial charge is 0.444 e. The highest BCUT2D eigenvalue weighted by Crippen LogP contribution is 2.06. The number of hydrogen-bond donors (Lipinski definition) is 1. The van der Waals surface area contributed by atoms with E-state index in [0.29, 0.717) is 13.2 Å². The van der Waals surface area contributed by atoms with Crippen LogP contribution in [0.3, 0.4) is 0 Å². The third-order valence-electron chi connectivity index (χ3n) is 2.83. The van der Waals surface area contributed by atoms with Crippen LogP contribution in [-0.2, 0) is 16.1 Å². The van der Waals surface area contributed by atoms with Crippen molar-refractivity contribution in [2.45, 2.75) is 12.8 Å². The molecule has 0 spiro atoms. The second-order valence-electron chi connectivity index (χ2n) is 4.18. The molecule has 0 unspecified atom stereocenters. The standard InChI is InChI=1S/C13H18N2O3/c1-15(12-9-14-7-8-17-12)13(16)18-10-11-5-3-2-4-6-11/h2-6,12,14H,7-10H2,1H3/t12-/m0/s1. The van der Waals surface area contributed by atoms with Crippen molar-refractivity contribution >= 4 is 6.09 Å². The third-order valence-corrected chi connectivity index (χ3v) is 2.83. The Morgan fingerprint density at radius 3 is 2.94 bits per heavy atom. The lowest BCUT2D eigenvalue weighted by molar-refractivity contribution is -0.0592. The molecule has 0 bridgehead atoms. The summed E-state index contributed by atoms with van der Waals surface area (Å²) in [5, 5.41) is 3.17. The molecule has 1 atom stereocenters. The highest BCUT2D eigenvalue weighted by Gasteiger charge is 2.23. The van der Waals surface area contributed by atoms with Crippen LogP contribution in [0.25, 0.3) is 0 Å². The summed E-state index contributed by atoms with van der Waals surface area (Å²) in [6.07, 6.45) is -0.616. The highest BCUT2D eigenvalue weighted by atomic mass is 16.6. The molecule has 1 aliphatic heterocycles. The van der Waals surface area contributed by atoms with Gasteiger partial charge in [-0.1, -0.05) is 30.3 Å². The lowest BCUT2D eigenvalue weighted by Gasteiger charge is -2.30. The van der Waals surface area contributed by atoms with Gasteiger partial charge in [0.1, 0.15) is 12.8 Å². The fourth-order valence-corrected chi connectivity index (χ4v) is 1.74. The smallest absolute Gasteiger partial charge is 0.411 e. The van der Waals surface area contributed by atoms with Gasteiger partial charge in [0, 0.05) is 20.1 Å². The molecule has 18 heavy (non-hydrogen) atoms. The Kier molecular flexibility index (Phi) is 4.55. The van der Waals surface area contributed by atoms with Crippen LogP contribution in [0.5, 0.6) is 0 Å². The maximum atomic E-state index is 11.8. The summed E-state index contributed by atoms with van der Waals surface area (Å²) in [6.45, 7) is 2.35. The minimum Gasteiger partial charge on any atom is -0.444 e. The third kappa shape index (κ3) is 3.45. The number of nitrogens with zero attached hydrogens (tertiary/aromatic N) is 1. The van der Waals surface area contributed by atoms with Gasteiger partial charge in [0.2, 0.25) is 0 Å². The van der Waals surface area contributed by atoms with Gasteiger partial charge in [-0.3, -0.25) is 4.90 Å². The number of morpholine rings is 1. The normalized spacial score (nSPS) is 19.3. The van der Waals surface area contributed by atoms with E-state index in [4.69, 9.17) is 9.47 Å². The molecular formula is C13H18N2O3. The van der Waals surface area contributed by atoms with Gasteiger partial charge in [0.05, 0.1) is 6.61 Å². The highest BCUT2D eigenvalue weighted by molar-refractivity contribution is 5.67. The molecule has 1 N–H and O–H groups in total. The van der Waals surface area contributed by atoms with Crippen LogP contribution >= 0.6 is 0 Å². The first-order valence-electron chi connectivity index (χ1n) is 6.03. The Hall–Kier alpha value is -1.59. The van der Waals surface area contributed by atoms with E-state index in [2.05, 4.69) is 5.32 Å². The predicted molar refractivity (Wildman–Crippen MR) is 67.0 cm³/mol. The van der Waals surface area contributed by atoms with Crippen molar-refractivity contribution in [3.05, 3.63) is 35.9 Å². The van der Waals surface area contributed by atoms with Crippen molar-refractivity contribution in [1.29, 1.82) is 0 Å². The number of carbonyl (C=O) groups excluding carboxylic acids is 1. The number of amides is 1. The number of benzene rings is 1. The van der Waals surface area contributed by atoms with E-state index in [9.17, 15) is 4.79 Å². The van der Waals surface area contributed by atoms with E-state index in [0.717, 1.165) is 12.1 Å². The summed E-state index contributed by atoms with van der Waals surface area (Å²) < 4.78 is 10.7. The fourth-order valence-electron chi connectivity index (χ4n) is 1.74. The molecule has 1 saturated heterocycles. The van der Waals surface area contributed by atoms with Crippen molar-refractivity contribution < 1.29 is 14.3 Å². The Bertz CT molecular complexity index is 377. The first kappa shape index (κ1) is 12.9. The second kappa shape index (κ2) is 6.37. The van der Waals surface area contributed by atoms with Gasteiger partial charge in [-0.15, -0.1) is 0 Å². The molecule has 0 saturated carbocycles. The molecule has 1 heterocycles. The minimum atomic E-state index is -0.368. The van der Waals surface area contributed by atoms with Crippen molar-refractivity contribution in [2.24, 2.45) is 0 Å². The molecule has 98 valence electrons. The molecule has 1 aromatic carbocycles. The Morgan fingerprint density at radius 1 is 1.50 bits per heavy atom. The number of carbonyl (C=O) groups is 1. The molecule has 0 radical (unpaired) electrons. The molecule has 5 nitrogen and oxygen atoms in total. The molecule has 1 aromatic rings. The molecule has 0 aromatic heterocycles. The van der Waals surface area contributed by atoms with Crippen LogP contribution in [0.1, 0.15) is 5.56 Å². The van der Waals surface area contributed by atoms with Gasteiger partial charge in [-0.25, -0.2) is 4.79 Å². The van der Waals surface area contributed by atoms with E-state index >= 15 is 0 Å². The Morgan fingerprint density at radius 2 is 2.28 bits per heavy atom. The van der Waals surface area contributed by atoms with Gasteiger partial charge in [-0.2, -0.15) is 0 Å². The first-order valence-corrected chi connectivity index (χ1v) is 6.03. The van der Waals surface area contributed by atoms with Gasteiger partial charge in [0.15, 0.2) is 0 Å². The van der Waals surface area contributed by atoms with Crippen LogP contribution in [-0.4, -0.2) is 44.0 Å². The van der Waals surface area contributed by atoms with Gasteiger partial charge >= 0.3 is 6.09 Å². The van der Waals surface area contributed by atoms with E-state index < -0.39 is 0 Å². The topological polar surface area (TPSA) is 50.8 Å². The van der Waals surface area contributed by atoms with E-state index in [1.165, 1.54) is 4.90 Å². The van der Waals surface area contributed by atoms with Crippen molar-refractivity contribution in [2.75, 3.05) is 26.7 Å². The summed E-state index contributed by atoms with van der Waals surface area (Å²) >= 11 is 0. The maximum absolute atomic E-state index is 11.8. The van der Waals surface area contributed by atoms with Crippen LogP contribution < -0.4 is 5.32 Å². The monoisotopic (exact) mass is 250 g/mol. The molecule has 0 aliphatic carbocycles. The number of rotatable bonds is 3. The zero-order chi connectivity index (χ0) is 12.8. The Balaban J connectivity index is 1.80. The second-order valence-corrected chi connectivity index (χ2v) is 4.18. The molecule has 2 rings (SSSR count). The van der Waals surface area contributed by atoms with Gasteiger partial charge in [0.25, 0.3) is 0 Å². The number of ether oxygens (including phenoxy) is 2. The average Bonchev–Trinajstić information content (AvgIpc) is 2.46. The zero-order valence-electron chi connectivity index (χ0n) is 10.5. The van der Waals surface area contributed by atoms with Crippen LogP contribution in [0, 0.1) is 0 Å². The molecule has 5 heteroatoms. The summed E-state index contributed by atoms with van der Waals surface area (Å²) in [6, 6.07) is 9.61. The van der Waals surface area contributed by atoms with Crippen molar-refractivity contribution in [3.63, 3.8) is 0 Å². The van der Waals surface area contributed by atoms with Crippen LogP contribution in [0.15, 0.2) is 30.3 Å². The first-order chi connectivity index (χ1) is 8.77. The van der Waals surface area contributed by atoms with Crippen LogP contribution in [0.2, 0.25) is 0 Å². The van der Waals surface area contributed by atoms with E-state index in [-0.39, 0.29) is 18.9 Å². The zero-order valence-corrected chi connectivity index (χ0v) is 10.5.